The molecule has 0 saturated carbocycles. The Morgan fingerprint density at radius 3 is 2.64 bits per heavy atom. The number of methoxy groups -OCH3 is 1. The van der Waals surface area contributed by atoms with Crippen molar-refractivity contribution in [2.75, 3.05) is 7.11 Å². The van der Waals surface area contributed by atoms with Gasteiger partial charge in [0.15, 0.2) is 17.5 Å². The molecule has 4 nitrogen and oxygen atoms in total. The molecular weight excluding hydrogens is 333 g/mol. The van der Waals surface area contributed by atoms with Gasteiger partial charge in [0.2, 0.25) is 0 Å². The van der Waals surface area contributed by atoms with Gasteiger partial charge >= 0.3 is 0 Å². The molecule has 0 spiro atoms. The van der Waals surface area contributed by atoms with Crippen molar-refractivity contribution in [2.24, 2.45) is 7.05 Å². The second kappa shape index (κ2) is 6.51. The van der Waals surface area contributed by atoms with Gasteiger partial charge in [0, 0.05) is 30.7 Å². The average molecular weight is 348 g/mol. The molecule has 0 radical (unpaired) electrons. The molecule has 0 aliphatic rings. The Kier molecular flexibility index (Phi) is 4.39. The van der Waals surface area contributed by atoms with Gasteiger partial charge in [-0.2, -0.15) is 0 Å². The molecule has 1 amide bonds. The number of aromatic nitrogens is 1. The Morgan fingerprint density at radius 1 is 1.16 bits per heavy atom. The Balaban J connectivity index is 1.85. The van der Waals surface area contributed by atoms with Crippen molar-refractivity contribution < 1.29 is 22.7 Å². The van der Waals surface area contributed by atoms with E-state index in [-0.39, 0.29) is 6.54 Å². The number of benzene rings is 2. The summed E-state index contributed by atoms with van der Waals surface area (Å²) in [4.78, 5) is 12.1. The molecule has 1 aromatic heterocycles. The van der Waals surface area contributed by atoms with Gasteiger partial charge in [-0.05, 0) is 35.9 Å². The van der Waals surface area contributed by atoms with E-state index in [0.29, 0.717) is 5.75 Å². The lowest BCUT2D eigenvalue weighted by Gasteiger charge is -2.07. The van der Waals surface area contributed by atoms with Gasteiger partial charge in [-0.15, -0.1) is 0 Å². The van der Waals surface area contributed by atoms with Crippen molar-refractivity contribution in [3.63, 3.8) is 0 Å². The Hall–Kier alpha value is -2.96. The van der Waals surface area contributed by atoms with Crippen LogP contribution in [0, 0.1) is 17.5 Å². The third-order valence-corrected chi connectivity index (χ3v) is 4.00. The van der Waals surface area contributed by atoms with Crippen molar-refractivity contribution in [1.82, 2.24) is 9.88 Å². The zero-order valence-corrected chi connectivity index (χ0v) is 13.6. The van der Waals surface area contributed by atoms with Crippen LogP contribution in [0.2, 0.25) is 0 Å². The summed E-state index contributed by atoms with van der Waals surface area (Å²) in [6.07, 6.45) is 1.83. The maximum absolute atomic E-state index is 13.7. The summed E-state index contributed by atoms with van der Waals surface area (Å²) in [6, 6.07) is 7.16. The first-order chi connectivity index (χ1) is 11.9. The number of nitrogens with one attached hydrogen (secondary N) is 1. The first-order valence-electron chi connectivity index (χ1n) is 7.46. The van der Waals surface area contributed by atoms with E-state index in [1.54, 1.807) is 7.11 Å². The van der Waals surface area contributed by atoms with Gasteiger partial charge in [0.1, 0.15) is 5.75 Å². The van der Waals surface area contributed by atoms with Crippen molar-refractivity contribution in [2.45, 2.75) is 6.54 Å². The van der Waals surface area contributed by atoms with E-state index in [1.807, 2.05) is 36.0 Å². The van der Waals surface area contributed by atoms with Crippen molar-refractivity contribution in [3.8, 4) is 5.75 Å². The van der Waals surface area contributed by atoms with E-state index >= 15 is 0 Å². The smallest absolute Gasteiger partial charge is 0.254 e. The molecule has 1 heterocycles. The largest absolute Gasteiger partial charge is 0.497 e. The minimum absolute atomic E-state index is 0.0990. The van der Waals surface area contributed by atoms with Gasteiger partial charge in [-0.1, -0.05) is 0 Å². The number of hydrogen-bond donors (Lipinski definition) is 1. The minimum atomic E-state index is -1.66. The molecule has 0 unspecified atom stereocenters. The van der Waals surface area contributed by atoms with Crippen LogP contribution in [0.1, 0.15) is 15.9 Å². The lowest BCUT2D eigenvalue weighted by molar-refractivity contribution is 0.0945. The zero-order valence-electron chi connectivity index (χ0n) is 13.6. The highest BCUT2D eigenvalue weighted by molar-refractivity contribution is 5.95. The van der Waals surface area contributed by atoms with Crippen LogP contribution in [-0.2, 0) is 13.6 Å². The maximum Gasteiger partial charge on any atom is 0.254 e. The Morgan fingerprint density at radius 2 is 1.92 bits per heavy atom. The molecule has 0 aliphatic carbocycles. The van der Waals surface area contributed by atoms with E-state index in [2.05, 4.69) is 5.32 Å². The molecule has 0 aliphatic heterocycles. The highest BCUT2D eigenvalue weighted by Gasteiger charge is 2.19. The van der Waals surface area contributed by atoms with E-state index in [4.69, 9.17) is 4.74 Å². The van der Waals surface area contributed by atoms with E-state index in [9.17, 15) is 18.0 Å². The number of halogens is 3. The molecule has 0 saturated heterocycles. The fourth-order valence-electron chi connectivity index (χ4n) is 2.69. The number of carbonyl (C=O) groups excluding carboxylic acids is 1. The molecule has 1 N–H and O–H groups in total. The van der Waals surface area contributed by atoms with Crippen LogP contribution in [0.5, 0.6) is 5.75 Å². The second-order valence-electron chi connectivity index (χ2n) is 5.55. The molecule has 7 heteroatoms. The second-order valence-corrected chi connectivity index (χ2v) is 5.55. The summed E-state index contributed by atoms with van der Waals surface area (Å²) in [5.41, 5.74) is 1.17. The van der Waals surface area contributed by atoms with Crippen LogP contribution < -0.4 is 10.1 Å². The summed E-state index contributed by atoms with van der Waals surface area (Å²) in [7, 11) is 3.41. The average Bonchev–Trinajstić information content (AvgIpc) is 2.93. The summed E-state index contributed by atoms with van der Waals surface area (Å²) in [5, 5.41) is 3.39. The number of ether oxygens (including phenoxy) is 1. The highest BCUT2D eigenvalue weighted by Crippen LogP contribution is 2.25. The molecule has 0 atom stereocenters. The fraction of sp³-hybridized carbons (Fsp3) is 0.167. The van der Waals surface area contributed by atoms with E-state index in [1.165, 1.54) is 0 Å². The first kappa shape index (κ1) is 16.9. The van der Waals surface area contributed by atoms with Gasteiger partial charge in [-0.25, -0.2) is 13.2 Å². The topological polar surface area (TPSA) is 43.3 Å². The lowest BCUT2D eigenvalue weighted by Crippen LogP contribution is -2.24. The molecular formula is C18H15F3N2O2. The number of aryl methyl sites for hydroxylation is 1. The zero-order chi connectivity index (χ0) is 18.1. The number of amides is 1. The van der Waals surface area contributed by atoms with E-state index in [0.717, 1.165) is 28.6 Å². The summed E-state index contributed by atoms with van der Waals surface area (Å²) in [6.45, 7) is 0.0990. The summed E-state index contributed by atoms with van der Waals surface area (Å²) < 4.78 is 47.0. The molecule has 3 aromatic rings. The predicted molar refractivity (Wildman–Crippen MR) is 87.0 cm³/mol. The molecule has 25 heavy (non-hydrogen) atoms. The van der Waals surface area contributed by atoms with Gasteiger partial charge < -0.3 is 14.6 Å². The molecule has 3 rings (SSSR count). The third-order valence-electron chi connectivity index (χ3n) is 4.00. The number of carbonyl (C=O) groups is 1. The SMILES string of the molecule is COc1ccc2c(c1)c(CNC(=O)c1ccc(F)c(F)c1F)cn2C. The number of hydrogen-bond acceptors (Lipinski definition) is 2. The maximum atomic E-state index is 13.7. The number of fused-ring (bicyclic) bond motifs is 1. The van der Waals surface area contributed by atoms with Gasteiger partial charge in [-0.3, -0.25) is 4.79 Å². The Bertz CT molecular complexity index is 967. The monoisotopic (exact) mass is 348 g/mol. The predicted octanol–water partition coefficient (Wildman–Crippen LogP) is 3.53. The standard InChI is InChI=1S/C18H15F3N2O2/c1-23-9-10(13-7-11(25-2)3-6-15(13)23)8-22-18(24)12-4-5-14(19)17(21)16(12)20/h3-7,9H,8H2,1-2H3,(H,22,24). The van der Waals surface area contributed by atoms with Crippen molar-refractivity contribution in [3.05, 3.63) is 65.1 Å². The molecule has 130 valence electrons. The molecule has 2 aromatic carbocycles. The van der Waals surface area contributed by atoms with Gasteiger partial charge in [0.25, 0.3) is 5.91 Å². The van der Waals surface area contributed by atoms with Crippen molar-refractivity contribution >= 4 is 16.8 Å². The minimum Gasteiger partial charge on any atom is -0.497 e. The van der Waals surface area contributed by atoms with Crippen LogP contribution in [0.25, 0.3) is 10.9 Å². The first-order valence-corrected chi connectivity index (χ1v) is 7.46. The lowest BCUT2D eigenvalue weighted by atomic mass is 10.1. The van der Waals surface area contributed by atoms with Crippen LogP contribution in [0.4, 0.5) is 13.2 Å². The van der Waals surface area contributed by atoms with Crippen LogP contribution in [-0.4, -0.2) is 17.6 Å². The highest BCUT2D eigenvalue weighted by atomic mass is 19.2. The fourth-order valence-corrected chi connectivity index (χ4v) is 2.69. The summed E-state index contributed by atoms with van der Waals surface area (Å²) >= 11 is 0. The number of nitrogens with zero attached hydrogens (tertiary/aromatic N) is 1. The Labute approximate surface area is 141 Å². The van der Waals surface area contributed by atoms with Crippen molar-refractivity contribution in [1.29, 1.82) is 0 Å². The third kappa shape index (κ3) is 3.05. The van der Waals surface area contributed by atoms with E-state index < -0.39 is 28.9 Å². The van der Waals surface area contributed by atoms with Gasteiger partial charge in [0.05, 0.1) is 12.7 Å². The van der Waals surface area contributed by atoms with Crippen LogP contribution >= 0.6 is 0 Å². The summed E-state index contributed by atoms with van der Waals surface area (Å²) in [5.74, 6) is -4.66. The number of rotatable bonds is 4. The van der Waals surface area contributed by atoms with Crippen LogP contribution in [0.15, 0.2) is 36.5 Å². The molecule has 0 fully saturated rings. The quantitative estimate of drug-likeness (QED) is 0.733. The normalized spacial score (nSPS) is 10.9. The molecule has 0 bridgehead atoms. The van der Waals surface area contributed by atoms with Crippen LogP contribution in [0.3, 0.4) is 0 Å².